The van der Waals surface area contributed by atoms with Crippen molar-refractivity contribution >= 4 is 11.0 Å². The molecule has 0 saturated carbocycles. The van der Waals surface area contributed by atoms with E-state index in [-0.39, 0.29) is 10.8 Å². The van der Waals surface area contributed by atoms with Gasteiger partial charge in [0.2, 0.25) is 0 Å². The third kappa shape index (κ3) is 2.14. The average Bonchev–Trinajstić information content (AvgIpc) is 2.56. The van der Waals surface area contributed by atoms with E-state index in [1.54, 1.807) is 0 Å². The van der Waals surface area contributed by atoms with Crippen LogP contribution in [0.15, 0.2) is 6.20 Å². The zero-order valence-electron chi connectivity index (χ0n) is 12.5. The molecule has 0 aliphatic rings. The molecule has 0 atom stereocenters. The van der Waals surface area contributed by atoms with E-state index in [1.807, 2.05) is 6.20 Å². The molecule has 0 aromatic carbocycles. The second-order valence-corrected chi connectivity index (χ2v) is 7.09. The van der Waals surface area contributed by atoms with Gasteiger partial charge in [-0.1, -0.05) is 41.5 Å². The van der Waals surface area contributed by atoms with Crippen LogP contribution in [0.2, 0.25) is 0 Å². The van der Waals surface area contributed by atoms with Crippen molar-refractivity contribution in [3.8, 4) is 0 Å². The van der Waals surface area contributed by atoms with Crippen LogP contribution in [0.3, 0.4) is 0 Å². The fourth-order valence-corrected chi connectivity index (χ4v) is 2.07. The van der Waals surface area contributed by atoms with E-state index < -0.39 is 0 Å². The number of aromatic nitrogens is 3. The van der Waals surface area contributed by atoms with Gasteiger partial charge in [-0.15, -0.1) is 0 Å². The predicted octanol–water partition coefficient (Wildman–Crippen LogP) is 3.86. The number of hydrogen-bond acceptors (Lipinski definition) is 2. The summed E-state index contributed by atoms with van der Waals surface area (Å²) in [6.45, 7) is 15.2. The monoisotopic (exact) mass is 245 g/mol. The van der Waals surface area contributed by atoms with Crippen molar-refractivity contribution in [1.82, 2.24) is 15.0 Å². The van der Waals surface area contributed by atoms with Gasteiger partial charge in [0.25, 0.3) is 0 Å². The van der Waals surface area contributed by atoms with Crippen molar-refractivity contribution in [2.45, 2.75) is 59.3 Å². The Labute approximate surface area is 109 Å². The summed E-state index contributed by atoms with van der Waals surface area (Å²) in [6, 6.07) is 0. The van der Waals surface area contributed by atoms with E-state index in [0.29, 0.717) is 0 Å². The molecule has 2 rings (SSSR count). The summed E-state index contributed by atoms with van der Waals surface area (Å²) in [6.07, 6.45) is 2.01. The lowest BCUT2D eigenvalue weighted by Crippen LogP contribution is -2.22. The van der Waals surface area contributed by atoms with Crippen molar-refractivity contribution < 1.29 is 0 Å². The summed E-state index contributed by atoms with van der Waals surface area (Å²) in [7, 11) is 0. The van der Waals surface area contributed by atoms with Crippen LogP contribution < -0.4 is 0 Å². The molecule has 0 saturated heterocycles. The maximum absolute atomic E-state index is 4.85. The Hall–Kier alpha value is -1.38. The number of H-pyrrole nitrogens is 1. The summed E-state index contributed by atoms with van der Waals surface area (Å²) >= 11 is 0. The minimum atomic E-state index is -0.0345. The van der Waals surface area contributed by atoms with Crippen molar-refractivity contribution in [3.63, 3.8) is 0 Å². The van der Waals surface area contributed by atoms with Gasteiger partial charge >= 0.3 is 0 Å². The van der Waals surface area contributed by atoms with Crippen LogP contribution in [-0.4, -0.2) is 15.0 Å². The minimum Gasteiger partial charge on any atom is -0.346 e. The number of nitrogens with zero attached hydrogens (tertiary/aromatic N) is 2. The Morgan fingerprint density at radius 3 is 2.06 bits per heavy atom. The highest BCUT2D eigenvalue weighted by Gasteiger charge is 2.26. The van der Waals surface area contributed by atoms with E-state index in [9.17, 15) is 0 Å². The van der Waals surface area contributed by atoms with Gasteiger partial charge in [0.1, 0.15) is 11.5 Å². The van der Waals surface area contributed by atoms with Gasteiger partial charge in [0.15, 0.2) is 0 Å². The zero-order chi connectivity index (χ0) is 13.7. The lowest BCUT2D eigenvalue weighted by molar-refractivity contribution is 0.520. The highest BCUT2D eigenvalue weighted by molar-refractivity contribution is 5.83. The number of nitrogens with one attached hydrogen (secondary N) is 1. The maximum Gasteiger partial charge on any atom is 0.141 e. The van der Waals surface area contributed by atoms with Gasteiger partial charge < -0.3 is 4.98 Å². The third-order valence-corrected chi connectivity index (χ3v) is 3.11. The summed E-state index contributed by atoms with van der Waals surface area (Å²) in [5.74, 6) is 0.904. The third-order valence-electron chi connectivity index (χ3n) is 3.11. The number of rotatable bonds is 0. The average molecular weight is 245 g/mol. The fraction of sp³-hybridized carbons (Fsp3) is 0.600. The van der Waals surface area contributed by atoms with Gasteiger partial charge in [-0.2, -0.15) is 0 Å². The van der Waals surface area contributed by atoms with E-state index in [0.717, 1.165) is 17.2 Å². The standard InChI is InChI=1S/C15H23N3/c1-9-8-16-12-10(9)11(14(2,3)4)17-13(18-12)15(5,6)7/h8H,1-7H3,(H,16,17,18). The molecular formula is C15H23N3. The summed E-state index contributed by atoms with van der Waals surface area (Å²) in [5, 5.41) is 1.18. The summed E-state index contributed by atoms with van der Waals surface area (Å²) in [4.78, 5) is 12.8. The van der Waals surface area contributed by atoms with Gasteiger partial charge in [-0.25, -0.2) is 9.97 Å². The summed E-state index contributed by atoms with van der Waals surface area (Å²) in [5.41, 5.74) is 3.30. The van der Waals surface area contributed by atoms with Gasteiger partial charge in [-0.3, -0.25) is 0 Å². The van der Waals surface area contributed by atoms with Crippen molar-refractivity contribution in [3.05, 3.63) is 23.3 Å². The van der Waals surface area contributed by atoms with E-state index in [2.05, 4.69) is 58.4 Å². The molecule has 0 aliphatic heterocycles. The first kappa shape index (κ1) is 13.1. The van der Waals surface area contributed by atoms with Gasteiger partial charge in [0, 0.05) is 22.4 Å². The van der Waals surface area contributed by atoms with Gasteiger partial charge in [0.05, 0.1) is 5.69 Å². The van der Waals surface area contributed by atoms with Gasteiger partial charge in [-0.05, 0) is 12.5 Å². The van der Waals surface area contributed by atoms with Crippen LogP contribution >= 0.6 is 0 Å². The van der Waals surface area contributed by atoms with Crippen molar-refractivity contribution in [1.29, 1.82) is 0 Å². The Kier molecular flexibility index (Phi) is 2.76. The Morgan fingerprint density at radius 2 is 1.56 bits per heavy atom. The van der Waals surface area contributed by atoms with Crippen LogP contribution in [0.25, 0.3) is 11.0 Å². The smallest absolute Gasteiger partial charge is 0.141 e. The zero-order valence-corrected chi connectivity index (χ0v) is 12.5. The topological polar surface area (TPSA) is 41.6 Å². The molecule has 0 fully saturated rings. The quantitative estimate of drug-likeness (QED) is 0.765. The van der Waals surface area contributed by atoms with Crippen molar-refractivity contribution in [2.75, 3.05) is 0 Å². The van der Waals surface area contributed by atoms with Crippen LogP contribution in [0.4, 0.5) is 0 Å². The largest absolute Gasteiger partial charge is 0.346 e. The molecule has 3 heteroatoms. The Balaban J connectivity index is 2.83. The number of fused-ring (bicyclic) bond motifs is 1. The SMILES string of the molecule is Cc1c[nH]c2nc(C(C)(C)C)nc(C(C)(C)C)c12. The number of hydrogen-bond donors (Lipinski definition) is 1. The molecule has 3 nitrogen and oxygen atoms in total. The lowest BCUT2D eigenvalue weighted by atomic mass is 9.88. The first-order valence-electron chi connectivity index (χ1n) is 6.47. The van der Waals surface area contributed by atoms with E-state index >= 15 is 0 Å². The first-order chi connectivity index (χ1) is 8.10. The second kappa shape index (κ2) is 3.81. The first-order valence-corrected chi connectivity index (χ1v) is 6.47. The molecule has 0 radical (unpaired) electrons. The molecular weight excluding hydrogens is 222 g/mol. The predicted molar refractivity (Wildman–Crippen MR) is 76.0 cm³/mol. The molecule has 0 amide bonds. The maximum atomic E-state index is 4.85. The molecule has 0 bridgehead atoms. The number of aromatic amines is 1. The Morgan fingerprint density at radius 1 is 0.944 bits per heavy atom. The van der Waals surface area contributed by atoms with Crippen LogP contribution in [-0.2, 0) is 10.8 Å². The highest BCUT2D eigenvalue weighted by atomic mass is 15.0. The molecule has 98 valence electrons. The molecule has 0 unspecified atom stereocenters. The fourth-order valence-electron chi connectivity index (χ4n) is 2.07. The van der Waals surface area contributed by atoms with Crippen molar-refractivity contribution in [2.24, 2.45) is 0 Å². The second-order valence-electron chi connectivity index (χ2n) is 7.09. The molecule has 2 heterocycles. The normalized spacial score (nSPS) is 13.3. The molecule has 2 aromatic rings. The minimum absolute atomic E-state index is 0.0220. The number of aryl methyl sites for hydroxylation is 1. The molecule has 18 heavy (non-hydrogen) atoms. The summed E-state index contributed by atoms with van der Waals surface area (Å²) < 4.78 is 0. The molecule has 0 spiro atoms. The van der Waals surface area contributed by atoms with Crippen LogP contribution in [0.5, 0.6) is 0 Å². The molecule has 0 aliphatic carbocycles. The molecule has 1 N–H and O–H groups in total. The van der Waals surface area contributed by atoms with E-state index in [1.165, 1.54) is 10.9 Å². The van der Waals surface area contributed by atoms with E-state index in [4.69, 9.17) is 4.98 Å². The highest BCUT2D eigenvalue weighted by Crippen LogP contribution is 2.31. The van der Waals surface area contributed by atoms with Crippen LogP contribution in [0, 0.1) is 6.92 Å². The lowest BCUT2D eigenvalue weighted by Gasteiger charge is -2.23. The Bertz CT molecular complexity index is 580. The molecule has 2 aromatic heterocycles. The van der Waals surface area contributed by atoms with Crippen LogP contribution in [0.1, 0.15) is 58.6 Å².